The first-order valence-corrected chi connectivity index (χ1v) is 10.2. The molecule has 1 amide bonds. The van der Waals surface area contributed by atoms with Crippen LogP contribution in [0.4, 0.5) is 0 Å². The van der Waals surface area contributed by atoms with Crippen LogP contribution in [0.3, 0.4) is 0 Å². The predicted molar refractivity (Wildman–Crippen MR) is 111 cm³/mol. The van der Waals surface area contributed by atoms with E-state index in [2.05, 4.69) is 20.9 Å². The molecule has 3 aromatic heterocycles. The van der Waals surface area contributed by atoms with Crippen molar-refractivity contribution in [3.05, 3.63) is 54.6 Å². The van der Waals surface area contributed by atoms with Crippen molar-refractivity contribution < 1.29 is 4.79 Å². The van der Waals surface area contributed by atoms with E-state index in [9.17, 15) is 4.79 Å². The number of aromatic amines is 1. The maximum Gasteiger partial charge on any atom is 0.255 e. The number of carbonyl (C=O) groups is 1. The zero-order chi connectivity index (χ0) is 19.4. The lowest BCUT2D eigenvalue weighted by Crippen LogP contribution is -2.52. The Balaban J connectivity index is 1.29. The van der Waals surface area contributed by atoms with Crippen molar-refractivity contribution in [3.63, 3.8) is 0 Å². The van der Waals surface area contributed by atoms with Crippen molar-refractivity contribution in [3.8, 4) is 11.3 Å². The zero-order valence-electron chi connectivity index (χ0n) is 16.1. The first kappa shape index (κ1) is 16.7. The van der Waals surface area contributed by atoms with Gasteiger partial charge in [0.25, 0.3) is 5.91 Å². The molecular weight excluding hydrogens is 364 g/mol. The summed E-state index contributed by atoms with van der Waals surface area (Å²) in [5, 5.41) is 0. The average molecular weight is 386 g/mol. The van der Waals surface area contributed by atoms with Crippen LogP contribution in [0.2, 0.25) is 0 Å². The molecule has 0 bridgehead atoms. The predicted octanol–water partition coefficient (Wildman–Crippen LogP) is 2.80. The van der Waals surface area contributed by atoms with Crippen molar-refractivity contribution in [2.75, 3.05) is 26.2 Å². The second kappa shape index (κ2) is 6.42. The van der Waals surface area contributed by atoms with Gasteiger partial charge in [0.05, 0.1) is 28.6 Å². The van der Waals surface area contributed by atoms with E-state index in [0.29, 0.717) is 6.04 Å². The van der Waals surface area contributed by atoms with Crippen LogP contribution >= 0.6 is 0 Å². The van der Waals surface area contributed by atoms with Gasteiger partial charge in [-0.25, -0.2) is 9.97 Å². The molecule has 0 unspecified atom stereocenters. The lowest BCUT2D eigenvalue weighted by Gasteiger charge is -2.37. The Labute approximate surface area is 168 Å². The highest BCUT2D eigenvalue weighted by atomic mass is 16.2. The number of amides is 1. The fourth-order valence-corrected chi connectivity index (χ4v) is 4.71. The zero-order valence-corrected chi connectivity index (χ0v) is 16.1. The van der Waals surface area contributed by atoms with Gasteiger partial charge in [-0.2, -0.15) is 0 Å². The summed E-state index contributed by atoms with van der Waals surface area (Å²) >= 11 is 0. The molecule has 0 spiro atoms. The molecule has 2 fully saturated rings. The number of nitrogens with zero attached hydrogens (tertiary/aromatic N) is 5. The summed E-state index contributed by atoms with van der Waals surface area (Å²) < 4.78 is 1.95. The van der Waals surface area contributed by atoms with Crippen LogP contribution in [0.5, 0.6) is 0 Å². The topological polar surface area (TPSA) is 69.5 Å². The number of benzene rings is 1. The van der Waals surface area contributed by atoms with Gasteiger partial charge in [-0.3, -0.25) is 9.69 Å². The van der Waals surface area contributed by atoms with Crippen LogP contribution in [0.1, 0.15) is 23.2 Å². The number of piperazine rings is 1. The molecule has 2 aliphatic heterocycles. The second-order valence-corrected chi connectivity index (χ2v) is 8.03. The minimum absolute atomic E-state index is 0.118. The molecule has 7 nitrogen and oxygen atoms in total. The van der Waals surface area contributed by atoms with Crippen LogP contribution in [-0.4, -0.2) is 67.3 Å². The molecule has 6 rings (SSSR count). The molecule has 1 aromatic carbocycles. The Hall–Kier alpha value is -3.19. The van der Waals surface area contributed by atoms with Crippen molar-refractivity contribution >= 4 is 22.6 Å². The first-order valence-electron chi connectivity index (χ1n) is 10.2. The van der Waals surface area contributed by atoms with Gasteiger partial charge in [0.2, 0.25) is 0 Å². The number of rotatable bonds is 2. The number of carbonyl (C=O) groups excluding carboxylic acids is 1. The summed E-state index contributed by atoms with van der Waals surface area (Å²) in [6.45, 7) is 3.83. The number of H-pyrrole nitrogens is 1. The molecule has 2 saturated heterocycles. The molecule has 0 radical (unpaired) electrons. The minimum Gasteiger partial charge on any atom is -0.345 e. The molecule has 0 aliphatic carbocycles. The number of fused-ring (bicyclic) bond motifs is 3. The first-order chi connectivity index (χ1) is 14.2. The molecule has 0 saturated carbocycles. The van der Waals surface area contributed by atoms with Crippen LogP contribution in [0.25, 0.3) is 27.9 Å². The van der Waals surface area contributed by atoms with Gasteiger partial charge in [0, 0.05) is 43.6 Å². The van der Waals surface area contributed by atoms with E-state index in [1.54, 1.807) is 6.33 Å². The van der Waals surface area contributed by atoms with Gasteiger partial charge < -0.3 is 14.3 Å². The molecule has 1 atom stereocenters. The van der Waals surface area contributed by atoms with E-state index < -0.39 is 0 Å². The van der Waals surface area contributed by atoms with E-state index in [-0.39, 0.29) is 5.91 Å². The molecule has 4 aromatic rings. The highest BCUT2D eigenvalue weighted by molar-refractivity contribution is 5.94. The lowest BCUT2D eigenvalue weighted by molar-refractivity contribution is 0.0571. The number of aromatic nitrogens is 4. The highest BCUT2D eigenvalue weighted by Crippen LogP contribution is 2.25. The third-order valence-electron chi connectivity index (χ3n) is 6.29. The summed E-state index contributed by atoms with van der Waals surface area (Å²) in [4.78, 5) is 29.8. The van der Waals surface area contributed by atoms with E-state index in [1.807, 2.05) is 46.0 Å². The van der Waals surface area contributed by atoms with Gasteiger partial charge in [0.15, 0.2) is 0 Å². The number of imidazole rings is 2. The normalized spacial score (nSPS) is 19.9. The Bertz CT molecular complexity index is 1220. The number of hydrogen-bond acceptors (Lipinski definition) is 4. The molecule has 146 valence electrons. The van der Waals surface area contributed by atoms with Crippen molar-refractivity contribution in [1.82, 2.24) is 29.2 Å². The largest absolute Gasteiger partial charge is 0.345 e. The number of nitrogens with one attached hydrogen (secondary N) is 1. The van der Waals surface area contributed by atoms with Crippen LogP contribution in [-0.2, 0) is 0 Å². The summed E-state index contributed by atoms with van der Waals surface area (Å²) in [6.07, 6.45) is 8.04. The molecule has 1 N–H and O–H groups in total. The van der Waals surface area contributed by atoms with Crippen LogP contribution < -0.4 is 0 Å². The smallest absolute Gasteiger partial charge is 0.255 e. The Morgan fingerprint density at radius 2 is 2.07 bits per heavy atom. The van der Waals surface area contributed by atoms with Gasteiger partial charge in [0.1, 0.15) is 5.65 Å². The Morgan fingerprint density at radius 3 is 3.03 bits per heavy atom. The minimum atomic E-state index is 0.118. The van der Waals surface area contributed by atoms with E-state index in [4.69, 9.17) is 4.98 Å². The number of hydrogen-bond donors (Lipinski definition) is 1. The monoisotopic (exact) mass is 386 g/mol. The Morgan fingerprint density at radius 1 is 1.10 bits per heavy atom. The Kier molecular flexibility index (Phi) is 3.70. The molecule has 5 heterocycles. The van der Waals surface area contributed by atoms with Gasteiger partial charge in [-0.1, -0.05) is 6.07 Å². The van der Waals surface area contributed by atoms with E-state index in [0.717, 1.165) is 53.1 Å². The maximum absolute atomic E-state index is 13.1. The van der Waals surface area contributed by atoms with Gasteiger partial charge >= 0.3 is 0 Å². The molecule has 2 aliphatic rings. The molecule has 29 heavy (non-hydrogen) atoms. The summed E-state index contributed by atoms with van der Waals surface area (Å²) in [5.41, 5.74) is 5.38. The third kappa shape index (κ3) is 2.81. The van der Waals surface area contributed by atoms with Crippen molar-refractivity contribution in [1.29, 1.82) is 0 Å². The van der Waals surface area contributed by atoms with Gasteiger partial charge in [-0.05, 0) is 43.7 Å². The lowest BCUT2D eigenvalue weighted by atomic mass is 10.1. The van der Waals surface area contributed by atoms with Crippen molar-refractivity contribution in [2.24, 2.45) is 0 Å². The molecular formula is C22H22N6O. The number of pyridine rings is 1. The summed E-state index contributed by atoms with van der Waals surface area (Å²) in [6, 6.07) is 10.4. The fraction of sp³-hybridized carbons (Fsp3) is 0.318. The second-order valence-electron chi connectivity index (χ2n) is 8.03. The van der Waals surface area contributed by atoms with Crippen molar-refractivity contribution in [2.45, 2.75) is 18.9 Å². The average Bonchev–Trinajstić information content (AvgIpc) is 3.50. The maximum atomic E-state index is 13.1. The molecule has 7 heteroatoms. The highest BCUT2D eigenvalue weighted by Gasteiger charge is 2.32. The quantitative estimate of drug-likeness (QED) is 0.575. The van der Waals surface area contributed by atoms with E-state index >= 15 is 0 Å². The standard InChI is InChI=1S/C22H22N6O/c29-22(27-9-8-26-7-1-2-17(26)12-27)16-4-6-21-25-20(13-28(21)11-16)15-3-5-18-19(10-15)24-14-23-18/h3-6,10-11,13-14,17H,1-2,7-9,12H2,(H,23,24)/t17-/m1/s1. The SMILES string of the molecule is O=C(c1ccc2nc(-c3ccc4nc[nH]c4c3)cn2c1)N1CCN2CCC[C@@H]2C1. The van der Waals surface area contributed by atoms with Crippen LogP contribution in [0, 0.1) is 0 Å². The fourth-order valence-electron chi connectivity index (χ4n) is 4.71. The van der Waals surface area contributed by atoms with E-state index in [1.165, 1.54) is 19.4 Å². The summed E-state index contributed by atoms with van der Waals surface area (Å²) in [7, 11) is 0. The van der Waals surface area contributed by atoms with Crippen LogP contribution in [0.15, 0.2) is 49.1 Å². The summed E-state index contributed by atoms with van der Waals surface area (Å²) in [5.74, 6) is 0.118. The van der Waals surface area contributed by atoms with Gasteiger partial charge in [-0.15, -0.1) is 0 Å². The third-order valence-corrected chi connectivity index (χ3v) is 6.29.